The van der Waals surface area contributed by atoms with Crippen molar-refractivity contribution in [3.05, 3.63) is 30.3 Å². The minimum Gasteiger partial charge on any atom is -0.480 e. The van der Waals surface area contributed by atoms with Crippen LogP contribution in [-0.4, -0.2) is 64.9 Å². The first-order valence-electron chi connectivity index (χ1n) is 8.54. The number of nitrogens with zero attached hydrogens (tertiary/aromatic N) is 4. The predicted octanol–water partition coefficient (Wildman–Crippen LogP) is 0.858. The molecular weight excluding hydrogens is 350 g/mol. The Morgan fingerprint density at radius 2 is 1.89 bits per heavy atom. The summed E-state index contributed by atoms with van der Waals surface area (Å²) in [5, 5.41) is 17.1. The van der Waals surface area contributed by atoms with Crippen molar-refractivity contribution in [1.29, 1.82) is 0 Å². The number of hydrogen-bond acceptors (Lipinski definition) is 8. The molecule has 0 bridgehead atoms. The van der Waals surface area contributed by atoms with Crippen molar-refractivity contribution in [3.8, 4) is 17.0 Å². The smallest absolute Gasteiger partial charge is 0.317 e. The van der Waals surface area contributed by atoms with Gasteiger partial charge in [-0.2, -0.15) is 0 Å². The third kappa shape index (κ3) is 4.50. The molecule has 1 fully saturated rings. The van der Waals surface area contributed by atoms with E-state index in [1.54, 1.807) is 18.2 Å². The van der Waals surface area contributed by atoms with Crippen LogP contribution in [0.25, 0.3) is 11.3 Å². The van der Waals surface area contributed by atoms with Gasteiger partial charge >= 0.3 is 11.9 Å². The molecular formula is C18H21N5O4. The number of carboxylic acids is 1. The molecule has 27 heavy (non-hydrogen) atoms. The Balaban J connectivity index is 1.84. The van der Waals surface area contributed by atoms with Gasteiger partial charge in [-0.3, -0.25) is 14.5 Å². The summed E-state index contributed by atoms with van der Waals surface area (Å²) in [6.45, 7) is 3.87. The van der Waals surface area contributed by atoms with Crippen molar-refractivity contribution in [3.63, 3.8) is 0 Å². The molecule has 9 heteroatoms. The second kappa shape index (κ2) is 8.00. The Labute approximate surface area is 156 Å². The Morgan fingerprint density at radius 1 is 1.19 bits per heavy atom. The highest BCUT2D eigenvalue weighted by atomic mass is 16.5. The average Bonchev–Trinajstić information content (AvgIpc) is 2.63. The summed E-state index contributed by atoms with van der Waals surface area (Å²) in [6.07, 6.45) is 0. The Hall–Kier alpha value is -3.20. The van der Waals surface area contributed by atoms with E-state index in [1.807, 2.05) is 17.0 Å². The minimum atomic E-state index is -0.835. The lowest BCUT2D eigenvalue weighted by Gasteiger charge is -2.35. The number of para-hydroxylation sites is 1. The van der Waals surface area contributed by atoms with Gasteiger partial charge in [0.25, 0.3) is 0 Å². The summed E-state index contributed by atoms with van der Waals surface area (Å²) in [4.78, 5) is 26.1. The fourth-order valence-corrected chi connectivity index (χ4v) is 3.04. The van der Waals surface area contributed by atoms with E-state index in [2.05, 4.69) is 15.1 Å². The number of ether oxygens (including phenoxy) is 1. The van der Waals surface area contributed by atoms with E-state index >= 15 is 0 Å². The maximum absolute atomic E-state index is 11.3. The van der Waals surface area contributed by atoms with Crippen molar-refractivity contribution >= 4 is 23.4 Å². The van der Waals surface area contributed by atoms with Crippen LogP contribution in [0.15, 0.2) is 30.3 Å². The molecule has 1 aliphatic heterocycles. The molecule has 3 rings (SSSR count). The summed E-state index contributed by atoms with van der Waals surface area (Å²) in [5.41, 5.74) is 7.94. The van der Waals surface area contributed by atoms with Crippen molar-refractivity contribution in [2.75, 3.05) is 43.4 Å². The third-order valence-corrected chi connectivity index (χ3v) is 4.29. The first kappa shape index (κ1) is 18.6. The van der Waals surface area contributed by atoms with Crippen molar-refractivity contribution in [2.45, 2.75) is 6.92 Å². The Kier molecular flexibility index (Phi) is 5.51. The molecule has 0 amide bonds. The summed E-state index contributed by atoms with van der Waals surface area (Å²) in [6, 6.07) is 8.91. The highest BCUT2D eigenvalue weighted by molar-refractivity contribution is 5.78. The van der Waals surface area contributed by atoms with Crippen LogP contribution in [0.3, 0.4) is 0 Å². The second-order valence-corrected chi connectivity index (χ2v) is 6.25. The van der Waals surface area contributed by atoms with E-state index in [9.17, 15) is 9.59 Å². The maximum atomic E-state index is 11.3. The fraction of sp³-hybridized carbons (Fsp3) is 0.333. The van der Waals surface area contributed by atoms with Gasteiger partial charge < -0.3 is 20.5 Å². The molecule has 1 aliphatic rings. The third-order valence-electron chi connectivity index (χ3n) is 4.29. The molecule has 1 saturated heterocycles. The van der Waals surface area contributed by atoms with E-state index in [4.69, 9.17) is 15.6 Å². The van der Waals surface area contributed by atoms with Gasteiger partial charge in [0.1, 0.15) is 5.75 Å². The summed E-state index contributed by atoms with van der Waals surface area (Å²) in [5.74, 6) is -0.546. The van der Waals surface area contributed by atoms with Crippen LogP contribution in [0.4, 0.5) is 11.5 Å². The van der Waals surface area contributed by atoms with Crippen molar-refractivity contribution in [1.82, 2.24) is 15.1 Å². The van der Waals surface area contributed by atoms with Crippen LogP contribution in [-0.2, 0) is 9.59 Å². The fourth-order valence-electron chi connectivity index (χ4n) is 3.04. The number of nitrogen functional groups attached to an aromatic ring is 1. The molecule has 1 aromatic carbocycles. The van der Waals surface area contributed by atoms with Gasteiger partial charge in [-0.05, 0) is 18.2 Å². The lowest BCUT2D eigenvalue weighted by Crippen LogP contribution is -2.48. The van der Waals surface area contributed by atoms with Gasteiger partial charge in [0.05, 0.1) is 17.9 Å². The highest BCUT2D eigenvalue weighted by Gasteiger charge is 2.22. The van der Waals surface area contributed by atoms with Gasteiger partial charge in [-0.15, -0.1) is 10.2 Å². The normalized spacial score (nSPS) is 14.8. The molecule has 0 atom stereocenters. The number of benzene rings is 1. The van der Waals surface area contributed by atoms with Crippen LogP contribution < -0.4 is 15.4 Å². The van der Waals surface area contributed by atoms with Gasteiger partial charge in [0.15, 0.2) is 5.82 Å². The first-order chi connectivity index (χ1) is 12.9. The number of piperazine rings is 1. The van der Waals surface area contributed by atoms with E-state index in [1.165, 1.54) is 6.92 Å². The first-order valence-corrected chi connectivity index (χ1v) is 8.54. The number of nitrogens with two attached hydrogens (primary N) is 1. The number of esters is 1. The standard InChI is InChI=1S/C18H21N5O4/c1-12(24)27-16-5-3-2-4-13(16)14-10-15(18(19)21-20-14)23-8-6-22(7-9-23)11-17(25)26/h2-5,10H,6-9,11H2,1H3,(H2,19,21)(H,25,26). The van der Waals surface area contributed by atoms with Crippen LogP contribution in [0.1, 0.15) is 6.92 Å². The van der Waals surface area contributed by atoms with E-state index in [-0.39, 0.29) is 6.54 Å². The molecule has 0 unspecified atom stereocenters. The van der Waals surface area contributed by atoms with Crippen molar-refractivity contribution in [2.24, 2.45) is 0 Å². The second-order valence-electron chi connectivity index (χ2n) is 6.25. The molecule has 142 valence electrons. The molecule has 2 heterocycles. The number of rotatable bonds is 5. The van der Waals surface area contributed by atoms with Crippen LogP contribution in [0.2, 0.25) is 0 Å². The summed E-state index contributed by atoms with van der Waals surface area (Å²) in [7, 11) is 0. The van der Waals surface area contributed by atoms with Gasteiger partial charge in [-0.25, -0.2) is 0 Å². The minimum absolute atomic E-state index is 0.0267. The van der Waals surface area contributed by atoms with Gasteiger partial charge in [-0.1, -0.05) is 12.1 Å². The largest absolute Gasteiger partial charge is 0.480 e. The lowest BCUT2D eigenvalue weighted by molar-refractivity contribution is -0.138. The molecule has 0 spiro atoms. The maximum Gasteiger partial charge on any atom is 0.317 e. The molecule has 2 aromatic rings. The zero-order valence-electron chi connectivity index (χ0n) is 15.0. The van der Waals surface area contributed by atoms with Crippen molar-refractivity contribution < 1.29 is 19.4 Å². The lowest BCUT2D eigenvalue weighted by atomic mass is 10.1. The van der Waals surface area contributed by atoms with E-state index in [0.717, 1.165) is 5.69 Å². The SMILES string of the molecule is CC(=O)Oc1ccccc1-c1cc(N2CCN(CC(=O)O)CC2)c(N)nn1. The van der Waals surface area contributed by atoms with Gasteiger partial charge in [0, 0.05) is 38.7 Å². The number of aromatic nitrogens is 2. The molecule has 0 saturated carbocycles. The van der Waals surface area contributed by atoms with E-state index < -0.39 is 11.9 Å². The Bertz CT molecular complexity index is 849. The zero-order valence-corrected chi connectivity index (χ0v) is 15.0. The molecule has 0 aliphatic carbocycles. The topological polar surface area (TPSA) is 122 Å². The zero-order chi connectivity index (χ0) is 19.4. The van der Waals surface area contributed by atoms with E-state index in [0.29, 0.717) is 49.0 Å². The average molecular weight is 371 g/mol. The predicted molar refractivity (Wildman–Crippen MR) is 99.5 cm³/mol. The molecule has 1 aromatic heterocycles. The summed E-state index contributed by atoms with van der Waals surface area (Å²) < 4.78 is 5.25. The number of hydrogen-bond donors (Lipinski definition) is 2. The molecule has 3 N–H and O–H groups in total. The number of anilines is 2. The molecule has 0 radical (unpaired) electrons. The van der Waals surface area contributed by atoms with Crippen LogP contribution in [0, 0.1) is 0 Å². The summed E-state index contributed by atoms with van der Waals surface area (Å²) >= 11 is 0. The Morgan fingerprint density at radius 3 is 2.56 bits per heavy atom. The quantitative estimate of drug-likeness (QED) is 0.582. The van der Waals surface area contributed by atoms with Crippen LogP contribution >= 0.6 is 0 Å². The number of carboxylic acid groups (broad SMARTS) is 1. The number of aliphatic carboxylic acids is 1. The number of carbonyl (C=O) groups excluding carboxylic acids is 1. The number of carbonyl (C=O) groups is 2. The highest BCUT2D eigenvalue weighted by Crippen LogP contribution is 2.32. The van der Waals surface area contributed by atoms with Crippen LogP contribution in [0.5, 0.6) is 5.75 Å². The molecule has 9 nitrogen and oxygen atoms in total. The monoisotopic (exact) mass is 371 g/mol. The van der Waals surface area contributed by atoms with Gasteiger partial charge in [0.2, 0.25) is 0 Å².